The van der Waals surface area contributed by atoms with Crippen molar-refractivity contribution in [1.29, 1.82) is 0 Å². The van der Waals surface area contributed by atoms with Crippen LogP contribution in [0, 0.1) is 6.92 Å². The number of carbonyl (C=O) groups excluding carboxylic acids is 1. The van der Waals surface area contributed by atoms with Gasteiger partial charge in [0, 0.05) is 48.7 Å². The molecule has 5 heteroatoms. The van der Waals surface area contributed by atoms with Crippen molar-refractivity contribution in [1.82, 2.24) is 9.47 Å². The second-order valence-electron chi connectivity index (χ2n) is 7.14. The van der Waals surface area contributed by atoms with Crippen LogP contribution in [0.1, 0.15) is 33.6 Å². The Balaban J connectivity index is 1.79. The van der Waals surface area contributed by atoms with Gasteiger partial charge < -0.3 is 14.2 Å². The predicted molar refractivity (Wildman–Crippen MR) is 120 cm³/mol. The first-order valence-electron chi connectivity index (χ1n) is 9.81. The third kappa shape index (κ3) is 5.81. The molecule has 1 aromatic heterocycles. The van der Waals surface area contributed by atoms with E-state index >= 15 is 0 Å². The fourth-order valence-corrected chi connectivity index (χ4v) is 3.63. The highest BCUT2D eigenvalue weighted by Gasteiger charge is 2.19. The van der Waals surface area contributed by atoms with E-state index in [1.807, 2.05) is 42.2 Å². The molecule has 3 aromatic rings. The lowest BCUT2D eigenvalue weighted by atomic mass is 10.1. The van der Waals surface area contributed by atoms with Gasteiger partial charge in [-0.05, 0) is 54.8 Å². The molecule has 0 aliphatic carbocycles. The highest BCUT2D eigenvalue weighted by Crippen LogP contribution is 2.17. The van der Waals surface area contributed by atoms with Crippen LogP contribution in [-0.2, 0) is 17.8 Å². The Morgan fingerprint density at radius 2 is 1.83 bits per heavy atom. The van der Waals surface area contributed by atoms with Crippen LogP contribution in [0.3, 0.4) is 0 Å². The summed E-state index contributed by atoms with van der Waals surface area (Å²) in [5.74, 6) is 0.0654. The molecule has 4 nitrogen and oxygen atoms in total. The van der Waals surface area contributed by atoms with Gasteiger partial charge in [-0.15, -0.1) is 0 Å². The highest BCUT2D eigenvalue weighted by atomic mass is 79.9. The Labute approximate surface area is 181 Å². The fraction of sp³-hybridized carbons (Fsp3) is 0.292. The van der Waals surface area contributed by atoms with Gasteiger partial charge in [-0.25, -0.2) is 0 Å². The third-order valence-corrected chi connectivity index (χ3v) is 5.51. The number of methoxy groups -OCH3 is 1. The second-order valence-corrected chi connectivity index (χ2v) is 8.06. The van der Waals surface area contributed by atoms with Crippen molar-refractivity contribution >= 4 is 21.8 Å². The van der Waals surface area contributed by atoms with E-state index < -0.39 is 0 Å². The Bertz CT molecular complexity index is 934. The van der Waals surface area contributed by atoms with E-state index in [1.54, 1.807) is 7.11 Å². The molecule has 152 valence electrons. The minimum Gasteiger partial charge on any atom is -0.385 e. The first-order valence-corrected chi connectivity index (χ1v) is 10.6. The Morgan fingerprint density at radius 1 is 1.07 bits per heavy atom. The van der Waals surface area contributed by atoms with E-state index in [9.17, 15) is 4.79 Å². The molecule has 3 rings (SSSR count). The molecule has 0 unspecified atom stereocenters. The summed E-state index contributed by atoms with van der Waals surface area (Å²) in [6, 6.07) is 20.2. The number of nitrogens with zero attached hydrogens (tertiary/aromatic N) is 2. The van der Waals surface area contributed by atoms with Crippen molar-refractivity contribution < 1.29 is 9.53 Å². The molecule has 1 amide bonds. The predicted octanol–water partition coefficient (Wildman–Crippen LogP) is 5.29. The van der Waals surface area contributed by atoms with Crippen molar-refractivity contribution in [2.45, 2.75) is 26.4 Å². The maximum Gasteiger partial charge on any atom is 0.254 e. The zero-order valence-electron chi connectivity index (χ0n) is 17.0. The van der Waals surface area contributed by atoms with E-state index in [-0.39, 0.29) is 5.91 Å². The van der Waals surface area contributed by atoms with Gasteiger partial charge in [-0.3, -0.25) is 4.79 Å². The van der Waals surface area contributed by atoms with Gasteiger partial charge in [0.1, 0.15) is 0 Å². The molecule has 0 atom stereocenters. The standard InChI is InChI=1S/C24H27BrN2O2/c1-19-7-3-4-9-23(19)24(28)27(15-6-16-29-2)18-22-8-5-14-26(22)17-20-10-12-21(25)13-11-20/h3-5,7-14H,6,15-18H2,1-2H3. The highest BCUT2D eigenvalue weighted by molar-refractivity contribution is 9.10. The van der Waals surface area contributed by atoms with Gasteiger partial charge in [0.15, 0.2) is 0 Å². The quantitative estimate of drug-likeness (QED) is 0.411. The number of halogens is 1. The number of ether oxygens (including phenoxy) is 1. The average Bonchev–Trinajstić information content (AvgIpc) is 3.15. The molecule has 2 aromatic carbocycles. The number of rotatable bonds is 9. The second kappa shape index (κ2) is 10.4. The first-order chi connectivity index (χ1) is 14.1. The maximum absolute atomic E-state index is 13.3. The van der Waals surface area contributed by atoms with Crippen LogP contribution in [0.5, 0.6) is 0 Å². The zero-order valence-corrected chi connectivity index (χ0v) is 18.6. The van der Waals surface area contributed by atoms with Crippen molar-refractivity contribution in [2.24, 2.45) is 0 Å². The van der Waals surface area contributed by atoms with Gasteiger partial charge in [0.05, 0.1) is 6.54 Å². The molecule has 0 saturated carbocycles. The molecule has 0 fully saturated rings. The molecule has 1 heterocycles. The van der Waals surface area contributed by atoms with E-state index in [0.29, 0.717) is 19.7 Å². The Hall–Kier alpha value is -2.37. The third-order valence-electron chi connectivity index (χ3n) is 4.98. The van der Waals surface area contributed by atoms with Gasteiger partial charge in [0.25, 0.3) is 5.91 Å². The summed E-state index contributed by atoms with van der Waals surface area (Å²) >= 11 is 3.48. The number of amides is 1. The smallest absolute Gasteiger partial charge is 0.254 e. The van der Waals surface area contributed by atoms with Crippen molar-refractivity contribution in [3.05, 3.63) is 93.7 Å². The van der Waals surface area contributed by atoms with Crippen LogP contribution in [0.15, 0.2) is 71.3 Å². The fourth-order valence-electron chi connectivity index (χ4n) is 3.36. The number of hydrogen-bond acceptors (Lipinski definition) is 2. The van der Waals surface area contributed by atoms with Crippen LogP contribution in [0.25, 0.3) is 0 Å². The van der Waals surface area contributed by atoms with Crippen LogP contribution in [-0.4, -0.2) is 35.6 Å². The van der Waals surface area contributed by atoms with Crippen LogP contribution < -0.4 is 0 Å². The number of benzene rings is 2. The summed E-state index contributed by atoms with van der Waals surface area (Å²) < 4.78 is 8.48. The minimum atomic E-state index is 0.0654. The number of carbonyl (C=O) groups is 1. The van der Waals surface area contributed by atoms with Gasteiger partial charge in [-0.2, -0.15) is 0 Å². The summed E-state index contributed by atoms with van der Waals surface area (Å²) in [5.41, 5.74) is 4.10. The van der Waals surface area contributed by atoms with Crippen LogP contribution in [0.2, 0.25) is 0 Å². The topological polar surface area (TPSA) is 34.5 Å². The lowest BCUT2D eigenvalue weighted by Gasteiger charge is -2.24. The minimum absolute atomic E-state index is 0.0654. The summed E-state index contributed by atoms with van der Waals surface area (Å²) in [4.78, 5) is 15.2. The van der Waals surface area contributed by atoms with Gasteiger partial charge >= 0.3 is 0 Å². The molecule has 0 aliphatic heterocycles. The molecular weight excluding hydrogens is 428 g/mol. The number of hydrogen-bond donors (Lipinski definition) is 0. The Morgan fingerprint density at radius 3 is 2.55 bits per heavy atom. The average molecular weight is 455 g/mol. The molecule has 0 radical (unpaired) electrons. The van der Waals surface area contributed by atoms with Crippen molar-refractivity contribution in [3.63, 3.8) is 0 Å². The van der Waals surface area contributed by atoms with Crippen molar-refractivity contribution in [3.8, 4) is 0 Å². The summed E-state index contributed by atoms with van der Waals surface area (Å²) in [6.07, 6.45) is 2.88. The van der Waals surface area contributed by atoms with Crippen LogP contribution >= 0.6 is 15.9 Å². The number of aryl methyl sites for hydroxylation is 1. The molecular formula is C24H27BrN2O2. The largest absolute Gasteiger partial charge is 0.385 e. The van der Waals surface area contributed by atoms with Gasteiger partial charge in [0.2, 0.25) is 0 Å². The Kier molecular flexibility index (Phi) is 7.67. The molecule has 29 heavy (non-hydrogen) atoms. The number of aromatic nitrogens is 1. The first kappa shape index (κ1) is 21.3. The lowest BCUT2D eigenvalue weighted by molar-refractivity contribution is 0.0719. The molecule has 0 N–H and O–H groups in total. The molecule has 0 saturated heterocycles. The summed E-state index contributed by atoms with van der Waals surface area (Å²) in [6.45, 7) is 4.62. The van der Waals surface area contributed by atoms with Crippen molar-refractivity contribution in [2.75, 3.05) is 20.3 Å². The SMILES string of the molecule is COCCCN(Cc1cccn1Cc1ccc(Br)cc1)C(=O)c1ccccc1C. The van der Waals surface area contributed by atoms with Crippen LogP contribution in [0.4, 0.5) is 0 Å². The van der Waals surface area contributed by atoms with E-state index in [1.165, 1.54) is 5.56 Å². The maximum atomic E-state index is 13.3. The molecule has 0 aliphatic rings. The monoisotopic (exact) mass is 454 g/mol. The van der Waals surface area contributed by atoms with E-state index in [4.69, 9.17) is 4.74 Å². The molecule has 0 spiro atoms. The summed E-state index contributed by atoms with van der Waals surface area (Å²) in [7, 11) is 1.69. The van der Waals surface area contributed by atoms with Gasteiger partial charge in [-0.1, -0.05) is 46.3 Å². The van der Waals surface area contributed by atoms with E-state index in [2.05, 4.69) is 57.0 Å². The normalized spacial score (nSPS) is 10.9. The zero-order chi connectivity index (χ0) is 20.6. The van der Waals surface area contributed by atoms with E-state index in [0.717, 1.165) is 34.3 Å². The molecule has 0 bridgehead atoms. The summed E-state index contributed by atoms with van der Waals surface area (Å²) in [5, 5.41) is 0. The lowest BCUT2D eigenvalue weighted by Crippen LogP contribution is -2.33.